The number of ether oxygens (including phenoxy) is 1. The van der Waals surface area contributed by atoms with Gasteiger partial charge in [-0.3, -0.25) is 4.79 Å². The monoisotopic (exact) mass is 382 g/mol. The Morgan fingerprint density at radius 1 is 1.26 bits per heavy atom. The van der Waals surface area contributed by atoms with Crippen LogP contribution in [0.4, 0.5) is 0 Å². The van der Waals surface area contributed by atoms with E-state index in [1.54, 1.807) is 0 Å². The van der Waals surface area contributed by atoms with E-state index in [9.17, 15) is 4.79 Å². The summed E-state index contributed by atoms with van der Waals surface area (Å²) in [5.41, 5.74) is -0.0402. The second kappa shape index (κ2) is 5.71. The molecular weight excluding hydrogens is 378 g/mol. The van der Waals surface area contributed by atoms with Crippen molar-refractivity contribution < 1.29 is 4.74 Å². The third-order valence-electron chi connectivity index (χ3n) is 2.31. The van der Waals surface area contributed by atoms with E-state index in [-0.39, 0.29) is 20.8 Å². The van der Waals surface area contributed by atoms with Crippen molar-refractivity contribution in [3.05, 3.63) is 48.2 Å². The number of methoxy groups -OCH3 is 1. The predicted octanol–water partition coefficient (Wildman–Crippen LogP) is 3.96. The van der Waals surface area contributed by atoms with Gasteiger partial charge in [0.05, 0.1) is 38.5 Å². The number of halogens is 4. The molecule has 0 saturated carbocycles. The average Bonchev–Trinajstić information content (AvgIpc) is 2.36. The van der Waals surface area contributed by atoms with Crippen LogP contribution in [0.5, 0.6) is 5.75 Å². The van der Waals surface area contributed by atoms with Crippen molar-refractivity contribution in [3.63, 3.8) is 0 Å². The lowest BCUT2D eigenvalue weighted by Crippen LogP contribution is -2.22. The summed E-state index contributed by atoms with van der Waals surface area (Å²) >= 11 is 20.9. The Kier molecular flexibility index (Phi) is 4.40. The van der Waals surface area contributed by atoms with Crippen LogP contribution < -0.4 is 10.3 Å². The Bertz CT molecular complexity index is 680. The van der Waals surface area contributed by atoms with Gasteiger partial charge in [-0.05, 0) is 28.1 Å². The van der Waals surface area contributed by atoms with Crippen LogP contribution in [0, 0.1) is 0 Å². The minimum Gasteiger partial charge on any atom is -0.490 e. The molecule has 4 nitrogen and oxygen atoms in total. The van der Waals surface area contributed by atoms with Crippen molar-refractivity contribution >= 4 is 50.7 Å². The molecule has 8 heteroatoms. The van der Waals surface area contributed by atoms with Crippen LogP contribution in [0.2, 0.25) is 15.1 Å². The second-order valence-electron chi connectivity index (χ2n) is 3.47. The predicted molar refractivity (Wildman–Crippen MR) is 79.1 cm³/mol. The summed E-state index contributed by atoms with van der Waals surface area (Å²) < 4.78 is 6.59. The molecule has 0 bridgehead atoms. The van der Waals surface area contributed by atoms with Gasteiger partial charge in [-0.25, -0.2) is 0 Å². The van der Waals surface area contributed by atoms with Crippen LogP contribution in [0.3, 0.4) is 0 Å². The van der Waals surface area contributed by atoms with E-state index in [1.807, 2.05) is 0 Å². The SMILES string of the molecule is COc1c(Br)cnn(-c2cc(Cl)c(Cl)c(Cl)c2)c1=O. The molecule has 1 aromatic carbocycles. The van der Waals surface area contributed by atoms with Crippen molar-refractivity contribution in [2.24, 2.45) is 0 Å². The zero-order chi connectivity index (χ0) is 14.2. The number of hydrogen-bond donors (Lipinski definition) is 0. The molecule has 100 valence electrons. The molecule has 0 aliphatic carbocycles. The maximum Gasteiger partial charge on any atom is 0.314 e. The summed E-state index contributed by atoms with van der Waals surface area (Å²) in [6.45, 7) is 0. The highest BCUT2D eigenvalue weighted by Gasteiger charge is 2.13. The molecule has 0 N–H and O–H groups in total. The molecule has 2 aromatic rings. The molecule has 0 aliphatic rings. The van der Waals surface area contributed by atoms with Crippen molar-refractivity contribution in [2.45, 2.75) is 0 Å². The summed E-state index contributed by atoms with van der Waals surface area (Å²) in [6.07, 6.45) is 1.44. The molecule has 0 spiro atoms. The zero-order valence-corrected chi connectivity index (χ0v) is 13.3. The molecule has 1 heterocycles. The highest BCUT2D eigenvalue weighted by atomic mass is 79.9. The Labute approximate surface area is 132 Å². The summed E-state index contributed by atoms with van der Waals surface area (Å²) in [7, 11) is 1.40. The molecule has 0 saturated heterocycles. The zero-order valence-electron chi connectivity index (χ0n) is 9.45. The minimum atomic E-state index is -0.439. The van der Waals surface area contributed by atoms with Crippen LogP contribution >= 0.6 is 50.7 Å². The number of aromatic nitrogens is 2. The highest BCUT2D eigenvalue weighted by molar-refractivity contribution is 9.10. The fourth-order valence-electron chi connectivity index (χ4n) is 1.45. The van der Waals surface area contributed by atoms with Crippen LogP contribution in [-0.2, 0) is 0 Å². The molecule has 0 aliphatic heterocycles. The number of rotatable bonds is 2. The van der Waals surface area contributed by atoms with E-state index in [0.717, 1.165) is 4.68 Å². The van der Waals surface area contributed by atoms with Gasteiger partial charge in [-0.15, -0.1) is 0 Å². The standard InChI is InChI=1S/C11H6BrCl3N2O2/c1-19-10-6(12)4-16-17(11(10)18)5-2-7(13)9(15)8(14)3-5/h2-4H,1H3. The number of nitrogens with zero attached hydrogens (tertiary/aromatic N) is 2. The van der Waals surface area contributed by atoms with Gasteiger partial charge in [-0.1, -0.05) is 34.8 Å². The van der Waals surface area contributed by atoms with E-state index in [4.69, 9.17) is 39.5 Å². The molecular formula is C11H6BrCl3N2O2. The summed E-state index contributed by atoms with van der Waals surface area (Å²) in [5.74, 6) is 0.136. The normalized spacial score (nSPS) is 10.6. The molecule has 0 fully saturated rings. The second-order valence-corrected chi connectivity index (χ2v) is 5.51. The summed E-state index contributed by atoms with van der Waals surface area (Å²) in [5, 5.41) is 4.68. The van der Waals surface area contributed by atoms with Crippen LogP contribution in [0.1, 0.15) is 0 Å². The molecule has 0 amide bonds. The van der Waals surface area contributed by atoms with Crippen LogP contribution in [0.25, 0.3) is 5.69 Å². The van der Waals surface area contributed by atoms with Gasteiger partial charge in [0.2, 0.25) is 5.75 Å². The molecule has 0 unspecified atom stereocenters. The van der Waals surface area contributed by atoms with E-state index in [1.165, 1.54) is 25.4 Å². The smallest absolute Gasteiger partial charge is 0.314 e. The largest absolute Gasteiger partial charge is 0.490 e. The first-order chi connectivity index (χ1) is 8.95. The maximum absolute atomic E-state index is 12.2. The van der Waals surface area contributed by atoms with Gasteiger partial charge in [-0.2, -0.15) is 9.78 Å². The number of benzene rings is 1. The maximum atomic E-state index is 12.2. The van der Waals surface area contributed by atoms with Crippen LogP contribution in [-0.4, -0.2) is 16.9 Å². The Hall–Kier alpha value is -0.750. The van der Waals surface area contributed by atoms with Crippen molar-refractivity contribution in [1.29, 1.82) is 0 Å². The van der Waals surface area contributed by atoms with E-state index >= 15 is 0 Å². The molecule has 2 rings (SSSR count). The molecule has 0 radical (unpaired) electrons. The Morgan fingerprint density at radius 3 is 2.37 bits per heavy atom. The quantitative estimate of drug-likeness (QED) is 0.736. The van der Waals surface area contributed by atoms with Crippen molar-refractivity contribution in [2.75, 3.05) is 7.11 Å². The van der Waals surface area contributed by atoms with Gasteiger partial charge < -0.3 is 4.74 Å². The summed E-state index contributed by atoms with van der Waals surface area (Å²) in [4.78, 5) is 12.2. The lowest BCUT2D eigenvalue weighted by Gasteiger charge is -2.09. The van der Waals surface area contributed by atoms with Crippen LogP contribution in [0.15, 0.2) is 27.6 Å². The fraction of sp³-hybridized carbons (Fsp3) is 0.0909. The van der Waals surface area contributed by atoms with E-state index in [0.29, 0.717) is 10.2 Å². The Morgan fingerprint density at radius 2 is 1.84 bits per heavy atom. The first kappa shape index (κ1) is 14.7. The summed E-state index contributed by atoms with van der Waals surface area (Å²) in [6, 6.07) is 3.00. The third kappa shape index (κ3) is 2.74. The van der Waals surface area contributed by atoms with Crippen molar-refractivity contribution in [3.8, 4) is 11.4 Å². The third-order valence-corrected chi connectivity index (χ3v) is 4.07. The highest BCUT2D eigenvalue weighted by Crippen LogP contribution is 2.32. The molecule has 19 heavy (non-hydrogen) atoms. The van der Waals surface area contributed by atoms with E-state index in [2.05, 4.69) is 21.0 Å². The minimum absolute atomic E-state index is 0.136. The Balaban J connectivity index is 2.70. The molecule has 1 aromatic heterocycles. The molecule has 0 atom stereocenters. The van der Waals surface area contributed by atoms with Gasteiger partial charge >= 0.3 is 5.56 Å². The average molecular weight is 384 g/mol. The number of hydrogen-bond acceptors (Lipinski definition) is 3. The lowest BCUT2D eigenvalue weighted by molar-refractivity contribution is 0.400. The van der Waals surface area contributed by atoms with Gasteiger partial charge in [0, 0.05) is 0 Å². The van der Waals surface area contributed by atoms with E-state index < -0.39 is 5.56 Å². The van der Waals surface area contributed by atoms with Crippen molar-refractivity contribution in [1.82, 2.24) is 9.78 Å². The first-order valence-corrected chi connectivity index (χ1v) is 6.85. The fourth-order valence-corrected chi connectivity index (χ4v) is 2.46. The topological polar surface area (TPSA) is 44.1 Å². The van der Waals surface area contributed by atoms with Gasteiger partial charge in [0.1, 0.15) is 0 Å². The van der Waals surface area contributed by atoms with Gasteiger partial charge in [0.25, 0.3) is 0 Å². The van der Waals surface area contributed by atoms with Gasteiger partial charge in [0.15, 0.2) is 0 Å². The lowest BCUT2D eigenvalue weighted by atomic mass is 10.3. The first-order valence-electron chi connectivity index (χ1n) is 4.92.